The van der Waals surface area contributed by atoms with Gasteiger partial charge in [-0.3, -0.25) is 4.98 Å². The van der Waals surface area contributed by atoms with Crippen LogP contribution in [-0.2, 0) is 0 Å². The molecule has 2 nitrogen and oxygen atoms in total. The van der Waals surface area contributed by atoms with Gasteiger partial charge in [0.1, 0.15) is 0 Å². The van der Waals surface area contributed by atoms with Crippen molar-refractivity contribution in [2.24, 2.45) is 0 Å². The third-order valence-electron chi connectivity index (χ3n) is 3.03. The normalized spacial score (nSPS) is 11.1. The summed E-state index contributed by atoms with van der Waals surface area (Å²) in [5, 5.41) is 0. The Balaban J connectivity index is 2.28. The molecule has 0 fully saturated rings. The molecule has 0 N–H and O–H groups in total. The van der Waals surface area contributed by atoms with Crippen LogP contribution < -0.4 is 0 Å². The summed E-state index contributed by atoms with van der Waals surface area (Å²) < 4.78 is 0. The number of hydrogen-bond donors (Lipinski definition) is 0. The average molecular weight is 238 g/mol. The van der Waals surface area contributed by atoms with Gasteiger partial charge in [0.25, 0.3) is 0 Å². The standard InChI is InChI=1S/C16H18N2/c1-11-5-7-15(8-6-11)9-10-16-14(4)17-12(2)13(3)18-16/h5-10H,1-4H3/b10-9+. The second-order valence-corrected chi connectivity index (χ2v) is 4.61. The van der Waals surface area contributed by atoms with Gasteiger partial charge >= 0.3 is 0 Å². The summed E-state index contributed by atoms with van der Waals surface area (Å²) in [6, 6.07) is 8.43. The molecule has 1 heterocycles. The molecule has 0 amide bonds. The van der Waals surface area contributed by atoms with Gasteiger partial charge in [-0.25, -0.2) is 4.98 Å². The number of hydrogen-bond acceptors (Lipinski definition) is 2. The molecule has 2 rings (SSSR count). The summed E-state index contributed by atoms with van der Waals surface area (Å²) in [6.07, 6.45) is 4.10. The van der Waals surface area contributed by atoms with Crippen molar-refractivity contribution in [2.45, 2.75) is 27.7 Å². The van der Waals surface area contributed by atoms with Crippen molar-refractivity contribution in [3.63, 3.8) is 0 Å². The Morgan fingerprint density at radius 3 is 2.00 bits per heavy atom. The molecule has 0 spiro atoms. The maximum absolute atomic E-state index is 4.56. The topological polar surface area (TPSA) is 25.8 Å². The maximum Gasteiger partial charge on any atom is 0.0845 e. The van der Waals surface area contributed by atoms with Gasteiger partial charge in [-0.15, -0.1) is 0 Å². The Labute approximate surface area is 108 Å². The summed E-state index contributed by atoms with van der Waals surface area (Å²) in [4.78, 5) is 9.04. The van der Waals surface area contributed by atoms with Gasteiger partial charge in [0, 0.05) is 0 Å². The molecule has 18 heavy (non-hydrogen) atoms. The Morgan fingerprint density at radius 2 is 1.33 bits per heavy atom. The van der Waals surface area contributed by atoms with Crippen molar-refractivity contribution >= 4 is 12.2 Å². The molecule has 1 aromatic carbocycles. The molecule has 0 atom stereocenters. The molecule has 0 aliphatic carbocycles. The molecule has 0 unspecified atom stereocenters. The quantitative estimate of drug-likeness (QED) is 0.793. The second-order valence-electron chi connectivity index (χ2n) is 4.61. The zero-order valence-electron chi connectivity index (χ0n) is 11.4. The van der Waals surface area contributed by atoms with Crippen molar-refractivity contribution in [3.05, 3.63) is 58.2 Å². The van der Waals surface area contributed by atoms with Crippen LogP contribution in [0.2, 0.25) is 0 Å². The fourth-order valence-corrected chi connectivity index (χ4v) is 1.74. The van der Waals surface area contributed by atoms with Crippen LogP contribution in [0.15, 0.2) is 24.3 Å². The molecular formula is C16H18N2. The molecule has 0 aliphatic rings. The lowest BCUT2D eigenvalue weighted by Gasteiger charge is -2.04. The van der Waals surface area contributed by atoms with Crippen molar-refractivity contribution in [1.82, 2.24) is 9.97 Å². The SMILES string of the molecule is Cc1ccc(/C=C/c2nc(C)c(C)nc2C)cc1. The lowest BCUT2D eigenvalue weighted by molar-refractivity contribution is 0.991. The summed E-state index contributed by atoms with van der Waals surface area (Å²) >= 11 is 0. The van der Waals surface area contributed by atoms with Gasteiger partial charge in [0.15, 0.2) is 0 Å². The number of aryl methyl sites for hydroxylation is 4. The Kier molecular flexibility index (Phi) is 3.56. The van der Waals surface area contributed by atoms with E-state index in [1.165, 1.54) is 11.1 Å². The minimum Gasteiger partial charge on any atom is -0.254 e. The Bertz CT molecular complexity index is 581. The third kappa shape index (κ3) is 2.83. The van der Waals surface area contributed by atoms with E-state index < -0.39 is 0 Å². The molecule has 0 bridgehead atoms. The summed E-state index contributed by atoms with van der Waals surface area (Å²) in [5.41, 5.74) is 6.36. The van der Waals surface area contributed by atoms with Gasteiger partial charge in [-0.2, -0.15) is 0 Å². The fourth-order valence-electron chi connectivity index (χ4n) is 1.74. The van der Waals surface area contributed by atoms with E-state index in [1.54, 1.807) is 0 Å². The van der Waals surface area contributed by atoms with E-state index in [0.717, 1.165) is 22.8 Å². The number of rotatable bonds is 2. The highest BCUT2D eigenvalue weighted by Gasteiger charge is 2.01. The summed E-state index contributed by atoms with van der Waals surface area (Å²) in [6.45, 7) is 8.06. The fraction of sp³-hybridized carbons (Fsp3) is 0.250. The first kappa shape index (κ1) is 12.5. The average Bonchev–Trinajstić information content (AvgIpc) is 2.34. The molecule has 0 radical (unpaired) electrons. The first-order valence-corrected chi connectivity index (χ1v) is 6.13. The molecule has 0 saturated heterocycles. The highest BCUT2D eigenvalue weighted by Crippen LogP contribution is 2.12. The molecule has 1 aromatic heterocycles. The van der Waals surface area contributed by atoms with Crippen molar-refractivity contribution in [1.29, 1.82) is 0 Å². The molecule has 2 heteroatoms. The van der Waals surface area contributed by atoms with Gasteiger partial charge in [0.2, 0.25) is 0 Å². The predicted octanol–water partition coefficient (Wildman–Crippen LogP) is 3.88. The Hall–Kier alpha value is -1.96. The zero-order chi connectivity index (χ0) is 13.1. The highest BCUT2D eigenvalue weighted by molar-refractivity contribution is 5.68. The van der Waals surface area contributed by atoms with E-state index >= 15 is 0 Å². The first-order chi connectivity index (χ1) is 8.56. The van der Waals surface area contributed by atoms with Gasteiger partial charge in [0.05, 0.1) is 22.8 Å². The minimum absolute atomic E-state index is 0.943. The summed E-state index contributed by atoms with van der Waals surface area (Å²) in [5.74, 6) is 0. The van der Waals surface area contributed by atoms with Crippen LogP contribution in [0.3, 0.4) is 0 Å². The number of nitrogens with zero attached hydrogens (tertiary/aromatic N) is 2. The van der Waals surface area contributed by atoms with Crippen LogP contribution >= 0.6 is 0 Å². The zero-order valence-corrected chi connectivity index (χ0v) is 11.4. The molecular weight excluding hydrogens is 220 g/mol. The van der Waals surface area contributed by atoms with Crippen molar-refractivity contribution in [3.8, 4) is 0 Å². The van der Waals surface area contributed by atoms with Crippen molar-refractivity contribution in [2.75, 3.05) is 0 Å². The molecule has 92 valence electrons. The van der Waals surface area contributed by atoms with Crippen molar-refractivity contribution < 1.29 is 0 Å². The van der Waals surface area contributed by atoms with Crippen LogP contribution in [0.1, 0.15) is 33.9 Å². The minimum atomic E-state index is 0.943. The first-order valence-electron chi connectivity index (χ1n) is 6.13. The van der Waals surface area contributed by atoms with Gasteiger partial charge < -0.3 is 0 Å². The van der Waals surface area contributed by atoms with Gasteiger partial charge in [-0.1, -0.05) is 35.9 Å². The van der Waals surface area contributed by atoms with E-state index in [-0.39, 0.29) is 0 Å². The van der Waals surface area contributed by atoms with E-state index in [1.807, 2.05) is 26.8 Å². The van der Waals surface area contributed by atoms with E-state index in [9.17, 15) is 0 Å². The van der Waals surface area contributed by atoms with Crippen LogP contribution in [0.4, 0.5) is 0 Å². The summed E-state index contributed by atoms with van der Waals surface area (Å²) in [7, 11) is 0. The van der Waals surface area contributed by atoms with Crippen LogP contribution in [0.25, 0.3) is 12.2 Å². The molecule has 2 aromatic rings. The van der Waals surface area contributed by atoms with E-state index in [2.05, 4.69) is 47.2 Å². The highest BCUT2D eigenvalue weighted by atomic mass is 14.8. The monoisotopic (exact) mass is 238 g/mol. The maximum atomic E-state index is 4.56. The largest absolute Gasteiger partial charge is 0.254 e. The van der Waals surface area contributed by atoms with E-state index in [4.69, 9.17) is 0 Å². The number of aromatic nitrogens is 2. The molecule has 0 aliphatic heterocycles. The second kappa shape index (κ2) is 5.13. The van der Waals surface area contributed by atoms with Crippen LogP contribution in [0.5, 0.6) is 0 Å². The van der Waals surface area contributed by atoms with Crippen LogP contribution in [-0.4, -0.2) is 9.97 Å². The van der Waals surface area contributed by atoms with Crippen LogP contribution in [0, 0.1) is 27.7 Å². The lowest BCUT2D eigenvalue weighted by atomic mass is 10.1. The lowest BCUT2D eigenvalue weighted by Crippen LogP contribution is -1.98. The molecule has 0 saturated carbocycles. The van der Waals surface area contributed by atoms with Gasteiger partial charge in [-0.05, 0) is 39.3 Å². The smallest absolute Gasteiger partial charge is 0.0845 e. The number of benzene rings is 1. The Morgan fingerprint density at radius 1 is 0.722 bits per heavy atom. The van der Waals surface area contributed by atoms with E-state index in [0.29, 0.717) is 0 Å². The predicted molar refractivity (Wildman–Crippen MR) is 76.4 cm³/mol. The third-order valence-corrected chi connectivity index (χ3v) is 3.03.